The van der Waals surface area contributed by atoms with Crippen LogP contribution < -0.4 is 4.74 Å². The number of hydrogen-bond donors (Lipinski definition) is 1. The average Bonchev–Trinajstić information content (AvgIpc) is 2.36. The van der Waals surface area contributed by atoms with Gasteiger partial charge < -0.3 is 14.7 Å². The second kappa shape index (κ2) is 6.93. The highest BCUT2D eigenvalue weighted by atomic mass is 16.5. The van der Waals surface area contributed by atoms with Crippen LogP contribution in [0.2, 0.25) is 0 Å². The highest BCUT2D eigenvalue weighted by Crippen LogP contribution is 2.25. The minimum absolute atomic E-state index is 0.194. The van der Waals surface area contributed by atoms with Crippen LogP contribution in [0.3, 0.4) is 0 Å². The van der Waals surface area contributed by atoms with E-state index in [1.807, 2.05) is 6.92 Å². The first kappa shape index (κ1) is 16.0. The number of ether oxygens (including phenoxy) is 1. The van der Waals surface area contributed by atoms with E-state index < -0.39 is 12.0 Å². The summed E-state index contributed by atoms with van der Waals surface area (Å²) in [5, 5.41) is 9.44. The predicted molar refractivity (Wildman–Crippen MR) is 75.6 cm³/mol. The molecular weight excluding hydrogens is 258 g/mol. The van der Waals surface area contributed by atoms with Crippen LogP contribution in [-0.2, 0) is 9.59 Å². The molecule has 0 aliphatic rings. The molecule has 0 radical (unpaired) electrons. The molecule has 1 rings (SSSR count). The summed E-state index contributed by atoms with van der Waals surface area (Å²) in [6.45, 7) is 7.40. The monoisotopic (exact) mass is 279 g/mol. The van der Waals surface area contributed by atoms with E-state index in [1.54, 1.807) is 38.1 Å². The first-order valence-electron chi connectivity index (χ1n) is 6.63. The fourth-order valence-electron chi connectivity index (χ4n) is 2.18. The van der Waals surface area contributed by atoms with Gasteiger partial charge in [-0.15, -0.1) is 0 Å². The molecule has 1 unspecified atom stereocenters. The van der Waals surface area contributed by atoms with Crippen molar-refractivity contribution in [3.8, 4) is 5.75 Å². The number of carbonyl (C=O) groups is 2. The molecule has 0 aromatic heterocycles. The molecule has 5 heteroatoms. The van der Waals surface area contributed by atoms with Crippen molar-refractivity contribution in [1.29, 1.82) is 0 Å². The van der Waals surface area contributed by atoms with Crippen LogP contribution in [0.4, 0.5) is 0 Å². The van der Waals surface area contributed by atoms with Crippen LogP contribution in [0.25, 0.3) is 0 Å². The number of amides is 1. The Hall–Kier alpha value is -2.04. The van der Waals surface area contributed by atoms with Crippen molar-refractivity contribution < 1.29 is 19.4 Å². The van der Waals surface area contributed by atoms with Crippen molar-refractivity contribution in [1.82, 2.24) is 4.90 Å². The fraction of sp³-hybridized carbons (Fsp3) is 0.467. The van der Waals surface area contributed by atoms with E-state index in [9.17, 15) is 14.7 Å². The van der Waals surface area contributed by atoms with Crippen LogP contribution >= 0.6 is 0 Å². The lowest BCUT2D eigenvalue weighted by Crippen LogP contribution is -2.42. The van der Waals surface area contributed by atoms with Crippen LogP contribution in [0.15, 0.2) is 24.3 Å². The summed E-state index contributed by atoms with van der Waals surface area (Å²) in [7, 11) is 0. The van der Waals surface area contributed by atoms with E-state index in [4.69, 9.17) is 4.74 Å². The number of carbonyl (C=O) groups excluding carboxylic acids is 1. The highest BCUT2D eigenvalue weighted by molar-refractivity contribution is 5.83. The molecule has 20 heavy (non-hydrogen) atoms. The lowest BCUT2D eigenvalue weighted by molar-refractivity contribution is -0.151. The average molecular weight is 279 g/mol. The number of aliphatic carboxylic acids is 1. The number of rotatable bonds is 6. The third-order valence-electron chi connectivity index (χ3n) is 2.94. The molecular formula is C15H21NO4. The molecule has 0 saturated heterocycles. The second-order valence-electron chi connectivity index (χ2n) is 4.76. The third kappa shape index (κ3) is 3.73. The molecule has 0 aliphatic heterocycles. The SMILES string of the molecule is CCOc1ccc(C(C(=O)O)N(C(C)=O)C(C)C)cc1. The van der Waals surface area contributed by atoms with Gasteiger partial charge in [-0.3, -0.25) is 4.79 Å². The molecule has 1 amide bonds. The van der Waals surface area contributed by atoms with Crippen molar-refractivity contribution in [3.05, 3.63) is 29.8 Å². The molecule has 0 fully saturated rings. The zero-order valence-electron chi connectivity index (χ0n) is 12.3. The van der Waals surface area contributed by atoms with E-state index in [2.05, 4.69) is 0 Å². The van der Waals surface area contributed by atoms with E-state index >= 15 is 0 Å². The summed E-state index contributed by atoms with van der Waals surface area (Å²) < 4.78 is 5.33. The lowest BCUT2D eigenvalue weighted by atomic mass is 10.0. The molecule has 0 spiro atoms. The maximum absolute atomic E-state index is 11.7. The zero-order chi connectivity index (χ0) is 15.3. The van der Waals surface area contributed by atoms with Gasteiger partial charge in [-0.25, -0.2) is 4.79 Å². The Bertz CT molecular complexity index is 467. The first-order valence-corrected chi connectivity index (χ1v) is 6.63. The van der Waals surface area contributed by atoms with Crippen LogP contribution in [-0.4, -0.2) is 34.5 Å². The number of carboxylic acid groups (broad SMARTS) is 1. The summed E-state index contributed by atoms with van der Waals surface area (Å²) in [6.07, 6.45) is 0. The van der Waals surface area contributed by atoms with Gasteiger partial charge in [-0.2, -0.15) is 0 Å². The minimum Gasteiger partial charge on any atom is -0.494 e. The van der Waals surface area contributed by atoms with E-state index in [0.29, 0.717) is 17.9 Å². The molecule has 1 atom stereocenters. The lowest BCUT2D eigenvalue weighted by Gasteiger charge is -2.31. The van der Waals surface area contributed by atoms with Crippen LogP contribution in [0.1, 0.15) is 39.3 Å². The summed E-state index contributed by atoms with van der Waals surface area (Å²) >= 11 is 0. The molecule has 0 saturated carbocycles. The molecule has 110 valence electrons. The summed E-state index contributed by atoms with van der Waals surface area (Å²) in [5.74, 6) is -0.626. The zero-order valence-corrected chi connectivity index (χ0v) is 12.3. The largest absolute Gasteiger partial charge is 0.494 e. The van der Waals surface area contributed by atoms with E-state index in [1.165, 1.54) is 11.8 Å². The van der Waals surface area contributed by atoms with E-state index in [0.717, 1.165) is 0 Å². The molecule has 0 bridgehead atoms. The Morgan fingerprint density at radius 2 is 1.80 bits per heavy atom. The molecule has 1 aromatic carbocycles. The highest BCUT2D eigenvalue weighted by Gasteiger charge is 2.31. The topological polar surface area (TPSA) is 66.8 Å². The van der Waals surface area contributed by atoms with Crippen molar-refractivity contribution in [2.24, 2.45) is 0 Å². The smallest absolute Gasteiger partial charge is 0.331 e. The van der Waals surface area contributed by atoms with Crippen molar-refractivity contribution in [2.75, 3.05) is 6.61 Å². The minimum atomic E-state index is -1.04. The molecule has 1 N–H and O–H groups in total. The Balaban J connectivity index is 3.13. The Kier molecular flexibility index (Phi) is 5.55. The van der Waals surface area contributed by atoms with Crippen molar-refractivity contribution in [3.63, 3.8) is 0 Å². The van der Waals surface area contributed by atoms with Gasteiger partial charge in [0.15, 0.2) is 6.04 Å². The maximum Gasteiger partial charge on any atom is 0.331 e. The Labute approximate surface area is 119 Å². The van der Waals surface area contributed by atoms with Gasteiger partial charge in [0, 0.05) is 13.0 Å². The quantitative estimate of drug-likeness (QED) is 0.868. The molecule has 5 nitrogen and oxygen atoms in total. The van der Waals surface area contributed by atoms with Gasteiger partial charge in [-0.05, 0) is 38.5 Å². The van der Waals surface area contributed by atoms with Crippen LogP contribution in [0, 0.1) is 0 Å². The number of nitrogens with zero attached hydrogens (tertiary/aromatic N) is 1. The summed E-state index contributed by atoms with van der Waals surface area (Å²) in [6, 6.07) is 5.62. The first-order chi connectivity index (χ1) is 9.38. The fourth-order valence-corrected chi connectivity index (χ4v) is 2.18. The van der Waals surface area contributed by atoms with Gasteiger partial charge in [0.2, 0.25) is 5.91 Å². The normalized spacial score (nSPS) is 12.1. The maximum atomic E-state index is 11.7. The van der Waals surface area contributed by atoms with Crippen molar-refractivity contribution in [2.45, 2.75) is 39.8 Å². The Morgan fingerprint density at radius 1 is 1.25 bits per heavy atom. The van der Waals surface area contributed by atoms with Gasteiger partial charge >= 0.3 is 5.97 Å². The summed E-state index contributed by atoms with van der Waals surface area (Å²) in [4.78, 5) is 24.6. The van der Waals surface area contributed by atoms with Gasteiger partial charge in [0.05, 0.1) is 6.61 Å². The number of carboxylic acids is 1. The molecule has 1 aromatic rings. The molecule has 0 heterocycles. The number of hydrogen-bond acceptors (Lipinski definition) is 3. The van der Waals surface area contributed by atoms with E-state index in [-0.39, 0.29) is 11.9 Å². The van der Waals surface area contributed by atoms with Crippen LogP contribution in [0.5, 0.6) is 5.75 Å². The summed E-state index contributed by atoms with van der Waals surface area (Å²) in [5.41, 5.74) is 0.560. The standard InChI is InChI=1S/C15H21NO4/c1-5-20-13-8-6-12(7-9-13)14(15(18)19)16(10(2)3)11(4)17/h6-10,14H,5H2,1-4H3,(H,18,19). The molecule has 0 aliphatic carbocycles. The third-order valence-corrected chi connectivity index (χ3v) is 2.94. The second-order valence-corrected chi connectivity index (χ2v) is 4.76. The Morgan fingerprint density at radius 3 is 2.15 bits per heavy atom. The van der Waals surface area contributed by atoms with Gasteiger partial charge in [-0.1, -0.05) is 12.1 Å². The van der Waals surface area contributed by atoms with Crippen molar-refractivity contribution >= 4 is 11.9 Å². The predicted octanol–water partition coefficient (Wildman–Crippen LogP) is 2.47. The van der Waals surface area contributed by atoms with Gasteiger partial charge in [0.1, 0.15) is 5.75 Å². The number of benzene rings is 1. The van der Waals surface area contributed by atoms with Gasteiger partial charge in [0.25, 0.3) is 0 Å².